The van der Waals surface area contributed by atoms with E-state index in [4.69, 9.17) is 0 Å². The fourth-order valence-corrected chi connectivity index (χ4v) is 2.55. The zero-order chi connectivity index (χ0) is 7.56. The van der Waals surface area contributed by atoms with E-state index in [-0.39, 0.29) is 0 Å². The molecule has 0 fully saturated rings. The number of nitrogens with one attached hydrogen (secondary N) is 1. The number of hydrogen-bond acceptors (Lipinski definition) is 4. The highest BCUT2D eigenvalue weighted by Gasteiger charge is 2.03. The lowest BCUT2D eigenvalue weighted by atomic mass is 11.0. The molecule has 0 aliphatic rings. The Kier molecular flexibility index (Phi) is 2.39. The third-order valence-corrected chi connectivity index (χ3v) is 3.30. The molecule has 0 spiro atoms. The first-order valence-electron chi connectivity index (χ1n) is 2.89. The molecule has 1 aromatic rings. The number of rotatable bonds is 1. The highest BCUT2D eigenvalue weighted by atomic mass is 32.9. The maximum Gasteiger partial charge on any atom is 0.390 e. The standard InChI is InChI=1S/C5H9N3S2/c1-6-4-7-5(8(2)3)10-9-4/h1-3H3/p+1. The minimum Gasteiger partial charge on any atom is -0.343 e. The fraction of sp³-hybridized carbons (Fsp3) is 0.600. The zero-order valence-electron chi connectivity index (χ0n) is 6.21. The summed E-state index contributed by atoms with van der Waals surface area (Å²) < 4.78 is 2.00. The van der Waals surface area contributed by atoms with Gasteiger partial charge in [0.15, 0.2) is 0 Å². The van der Waals surface area contributed by atoms with Gasteiger partial charge in [-0.3, -0.25) is 4.58 Å². The van der Waals surface area contributed by atoms with Crippen molar-refractivity contribution < 1.29 is 0 Å². The molecule has 1 N–H and O–H groups in total. The summed E-state index contributed by atoms with van der Waals surface area (Å²) in [6, 6.07) is 0. The van der Waals surface area contributed by atoms with Crippen LogP contribution in [0.25, 0.3) is 0 Å². The minimum absolute atomic E-state index is 0.980. The van der Waals surface area contributed by atoms with Crippen molar-refractivity contribution in [1.29, 1.82) is 0 Å². The van der Waals surface area contributed by atoms with Crippen molar-refractivity contribution >= 4 is 25.8 Å². The average molecular weight is 176 g/mol. The molecule has 0 radical (unpaired) electrons. The molecular weight excluding hydrogens is 166 g/mol. The van der Waals surface area contributed by atoms with Gasteiger partial charge in [0, 0.05) is 22.4 Å². The second-order valence-electron chi connectivity index (χ2n) is 2.01. The first-order chi connectivity index (χ1) is 4.74. The van der Waals surface area contributed by atoms with Gasteiger partial charge in [-0.2, -0.15) is 0 Å². The normalized spacial score (nSPS) is 9.50. The maximum absolute atomic E-state index is 4.28. The lowest BCUT2D eigenvalue weighted by Crippen LogP contribution is -2.20. The van der Waals surface area contributed by atoms with Crippen LogP contribution >= 0.6 is 20.7 Å². The van der Waals surface area contributed by atoms with Crippen LogP contribution in [0.3, 0.4) is 0 Å². The lowest BCUT2D eigenvalue weighted by molar-refractivity contribution is 0.804. The second-order valence-corrected chi connectivity index (χ2v) is 4.10. The van der Waals surface area contributed by atoms with Gasteiger partial charge < -0.3 is 5.32 Å². The molecule has 0 unspecified atom stereocenters. The van der Waals surface area contributed by atoms with Crippen LogP contribution in [-0.4, -0.2) is 26.1 Å². The number of aromatic nitrogens is 1. The van der Waals surface area contributed by atoms with Crippen molar-refractivity contribution in [3.05, 3.63) is 4.80 Å². The van der Waals surface area contributed by atoms with Gasteiger partial charge >= 0.3 is 9.93 Å². The molecule has 10 heavy (non-hydrogen) atoms. The van der Waals surface area contributed by atoms with Crippen molar-refractivity contribution in [2.75, 3.05) is 26.5 Å². The predicted molar refractivity (Wildman–Crippen MR) is 46.7 cm³/mol. The summed E-state index contributed by atoms with van der Waals surface area (Å²) in [5.74, 6) is 0. The van der Waals surface area contributed by atoms with Crippen LogP contribution in [0.5, 0.6) is 0 Å². The molecular formula is C5H10N3S2+. The first-order valence-corrected chi connectivity index (χ1v) is 5.04. The molecule has 1 rings (SSSR count). The van der Waals surface area contributed by atoms with E-state index in [0.717, 1.165) is 9.93 Å². The lowest BCUT2D eigenvalue weighted by Gasteiger charge is -1.78. The smallest absolute Gasteiger partial charge is 0.343 e. The van der Waals surface area contributed by atoms with E-state index in [1.807, 2.05) is 25.7 Å². The van der Waals surface area contributed by atoms with Gasteiger partial charge in [-0.1, -0.05) is 0 Å². The predicted octanol–water partition coefficient (Wildman–Crippen LogP) is 0.278. The van der Waals surface area contributed by atoms with E-state index in [1.54, 1.807) is 20.7 Å². The van der Waals surface area contributed by atoms with Crippen molar-refractivity contribution in [3.8, 4) is 0 Å². The van der Waals surface area contributed by atoms with Crippen LogP contribution in [0.4, 0.5) is 5.13 Å². The second kappa shape index (κ2) is 3.12. The van der Waals surface area contributed by atoms with Gasteiger partial charge in [0.25, 0.3) is 0 Å². The Morgan fingerprint density at radius 3 is 2.40 bits per heavy atom. The third kappa shape index (κ3) is 1.54. The monoisotopic (exact) mass is 176 g/mol. The Bertz CT molecular complexity index is 268. The van der Waals surface area contributed by atoms with Gasteiger partial charge in [-0.25, -0.2) is 0 Å². The highest BCUT2D eigenvalue weighted by molar-refractivity contribution is 7.69. The Hall–Kier alpha value is -0.420. The maximum atomic E-state index is 4.28. The van der Waals surface area contributed by atoms with Crippen molar-refractivity contribution in [3.63, 3.8) is 0 Å². The topological polar surface area (TPSA) is 27.9 Å². The minimum atomic E-state index is 0.980. The van der Waals surface area contributed by atoms with Crippen LogP contribution in [0.15, 0.2) is 0 Å². The van der Waals surface area contributed by atoms with Crippen LogP contribution < -0.4 is 14.7 Å². The molecule has 1 aromatic heterocycles. The van der Waals surface area contributed by atoms with E-state index < -0.39 is 0 Å². The number of anilines is 1. The Morgan fingerprint density at radius 1 is 1.40 bits per heavy atom. The molecule has 0 bridgehead atoms. The van der Waals surface area contributed by atoms with Crippen LogP contribution in [-0.2, 0) is 0 Å². The Morgan fingerprint density at radius 2 is 2.10 bits per heavy atom. The number of nitrogens with zero attached hydrogens (tertiary/aromatic N) is 2. The number of hydrogen-bond donors (Lipinski definition) is 1. The Balaban J connectivity index is 3.11. The molecule has 0 saturated heterocycles. The van der Waals surface area contributed by atoms with Crippen LogP contribution in [0, 0.1) is 0 Å². The van der Waals surface area contributed by atoms with Gasteiger partial charge in [0.05, 0.1) is 14.1 Å². The quantitative estimate of drug-likeness (QED) is 0.491. The van der Waals surface area contributed by atoms with E-state index in [2.05, 4.69) is 10.3 Å². The van der Waals surface area contributed by atoms with Crippen molar-refractivity contribution in [2.45, 2.75) is 0 Å². The van der Waals surface area contributed by atoms with E-state index in [9.17, 15) is 0 Å². The summed E-state index contributed by atoms with van der Waals surface area (Å²) in [6.45, 7) is 0. The van der Waals surface area contributed by atoms with Gasteiger partial charge in [-0.15, -0.1) is 0 Å². The molecule has 0 aliphatic heterocycles. The van der Waals surface area contributed by atoms with Crippen molar-refractivity contribution in [2.24, 2.45) is 0 Å². The van der Waals surface area contributed by atoms with E-state index in [1.165, 1.54) is 0 Å². The molecule has 0 amide bonds. The summed E-state index contributed by atoms with van der Waals surface area (Å²) >= 11 is 0. The molecule has 0 saturated carbocycles. The Labute approximate surface area is 67.1 Å². The zero-order valence-corrected chi connectivity index (χ0v) is 7.84. The summed E-state index contributed by atoms with van der Waals surface area (Å²) in [5.41, 5.74) is 0. The molecule has 0 aromatic carbocycles. The molecule has 56 valence electrons. The van der Waals surface area contributed by atoms with Crippen LogP contribution in [0.1, 0.15) is 0 Å². The summed E-state index contributed by atoms with van der Waals surface area (Å²) in [5, 5.41) is 3.97. The van der Waals surface area contributed by atoms with Gasteiger partial charge in [-0.05, 0) is 10.3 Å². The van der Waals surface area contributed by atoms with Crippen LogP contribution in [0.2, 0.25) is 0 Å². The van der Waals surface area contributed by atoms with Gasteiger partial charge in [0.1, 0.15) is 0 Å². The molecule has 3 nitrogen and oxygen atoms in total. The summed E-state index contributed by atoms with van der Waals surface area (Å²) in [7, 11) is 9.19. The molecule has 5 heteroatoms. The van der Waals surface area contributed by atoms with E-state index >= 15 is 0 Å². The molecule has 0 atom stereocenters. The summed E-state index contributed by atoms with van der Waals surface area (Å²) in [4.78, 5) is 5.33. The third-order valence-electron chi connectivity index (χ3n) is 0.989. The highest BCUT2D eigenvalue weighted by Crippen LogP contribution is 2.10. The molecule has 0 aliphatic carbocycles. The fourth-order valence-electron chi connectivity index (χ4n) is 0.473. The SMILES string of the molecule is CNc1nc(=[N+](C)C)ss1. The first kappa shape index (κ1) is 7.68. The van der Waals surface area contributed by atoms with Gasteiger partial charge in [0.2, 0.25) is 0 Å². The molecule has 1 heterocycles. The largest absolute Gasteiger partial charge is 0.390 e. The van der Waals surface area contributed by atoms with E-state index in [0.29, 0.717) is 0 Å². The summed E-state index contributed by atoms with van der Waals surface area (Å²) in [6.07, 6.45) is 0. The average Bonchev–Trinajstić information content (AvgIpc) is 2.34. The van der Waals surface area contributed by atoms with Crippen molar-refractivity contribution in [1.82, 2.24) is 9.56 Å².